The summed E-state index contributed by atoms with van der Waals surface area (Å²) in [5.74, 6) is 0. The van der Waals surface area contributed by atoms with E-state index in [-0.39, 0.29) is 0 Å². The molecule has 1 unspecified atom stereocenters. The third kappa shape index (κ3) is 2.90. The lowest BCUT2D eigenvalue weighted by Gasteiger charge is -2.15. The molecule has 0 saturated carbocycles. The van der Waals surface area contributed by atoms with Crippen LogP contribution in [-0.2, 0) is 6.42 Å². The van der Waals surface area contributed by atoms with Crippen LogP contribution in [0.1, 0.15) is 23.4 Å². The predicted molar refractivity (Wildman–Crippen MR) is 68.7 cm³/mol. The van der Waals surface area contributed by atoms with E-state index in [1.54, 1.807) is 11.3 Å². The molecule has 1 heterocycles. The largest absolute Gasteiger partial charge is 0.309 e. The summed E-state index contributed by atoms with van der Waals surface area (Å²) in [6.45, 7) is 3.12. The maximum Gasteiger partial charge on any atom is 0.0794 e. The molecule has 0 bridgehead atoms. The van der Waals surface area contributed by atoms with E-state index in [2.05, 4.69) is 47.6 Å². The molecule has 1 aromatic carbocycles. The summed E-state index contributed by atoms with van der Waals surface area (Å²) in [6.07, 6.45) is 2.98. The number of thiazole rings is 1. The van der Waals surface area contributed by atoms with Crippen molar-refractivity contribution in [3.63, 3.8) is 0 Å². The van der Waals surface area contributed by atoms with Crippen molar-refractivity contribution >= 4 is 11.3 Å². The minimum atomic E-state index is 0.389. The van der Waals surface area contributed by atoms with Crippen molar-refractivity contribution in [1.82, 2.24) is 10.3 Å². The van der Waals surface area contributed by atoms with Gasteiger partial charge in [-0.1, -0.05) is 37.3 Å². The molecule has 2 nitrogen and oxygen atoms in total. The number of nitrogens with one attached hydrogen (secondary N) is 1. The number of hydrogen-bond acceptors (Lipinski definition) is 3. The summed E-state index contributed by atoms with van der Waals surface area (Å²) in [7, 11) is 0. The van der Waals surface area contributed by atoms with Gasteiger partial charge >= 0.3 is 0 Å². The lowest BCUT2D eigenvalue weighted by molar-refractivity contribution is 0.557. The molecule has 0 aliphatic heterocycles. The number of rotatable bonds is 5. The first kappa shape index (κ1) is 11.3. The highest BCUT2D eigenvalue weighted by molar-refractivity contribution is 7.09. The van der Waals surface area contributed by atoms with Crippen molar-refractivity contribution < 1.29 is 0 Å². The normalized spacial score (nSPS) is 12.6. The summed E-state index contributed by atoms with van der Waals surface area (Å²) in [5, 5.41) is 3.50. The summed E-state index contributed by atoms with van der Waals surface area (Å²) < 4.78 is 0. The SMILES string of the molecule is CCNC(Cc1ccccc1)c1cncs1. The van der Waals surface area contributed by atoms with Crippen molar-refractivity contribution in [1.29, 1.82) is 0 Å². The van der Waals surface area contributed by atoms with Gasteiger partial charge in [0.25, 0.3) is 0 Å². The first-order valence-corrected chi connectivity index (χ1v) is 6.44. The third-order valence-electron chi connectivity index (χ3n) is 2.53. The number of nitrogens with zero attached hydrogens (tertiary/aromatic N) is 1. The molecule has 1 N–H and O–H groups in total. The monoisotopic (exact) mass is 232 g/mol. The van der Waals surface area contributed by atoms with Crippen molar-refractivity contribution in [2.24, 2.45) is 0 Å². The van der Waals surface area contributed by atoms with Crippen LogP contribution in [-0.4, -0.2) is 11.5 Å². The summed E-state index contributed by atoms with van der Waals surface area (Å²) >= 11 is 1.72. The average Bonchev–Trinajstić information content (AvgIpc) is 2.83. The van der Waals surface area contributed by atoms with Crippen LogP contribution >= 0.6 is 11.3 Å². The van der Waals surface area contributed by atoms with Crippen LogP contribution in [0, 0.1) is 0 Å². The van der Waals surface area contributed by atoms with Crippen molar-refractivity contribution in [3.05, 3.63) is 52.5 Å². The van der Waals surface area contributed by atoms with Crippen LogP contribution in [0.3, 0.4) is 0 Å². The summed E-state index contributed by atoms with van der Waals surface area (Å²) in [5.41, 5.74) is 3.26. The minimum Gasteiger partial charge on any atom is -0.309 e. The van der Waals surface area contributed by atoms with Gasteiger partial charge in [0.15, 0.2) is 0 Å². The maximum atomic E-state index is 4.15. The summed E-state index contributed by atoms with van der Waals surface area (Å²) in [4.78, 5) is 5.46. The highest BCUT2D eigenvalue weighted by Gasteiger charge is 2.12. The van der Waals surface area contributed by atoms with E-state index in [9.17, 15) is 0 Å². The smallest absolute Gasteiger partial charge is 0.0794 e. The van der Waals surface area contributed by atoms with Gasteiger partial charge in [0.1, 0.15) is 0 Å². The van der Waals surface area contributed by atoms with Crippen molar-refractivity contribution in [3.8, 4) is 0 Å². The van der Waals surface area contributed by atoms with Crippen LogP contribution in [0.5, 0.6) is 0 Å². The Kier molecular flexibility index (Phi) is 4.08. The Morgan fingerprint density at radius 1 is 1.31 bits per heavy atom. The third-order valence-corrected chi connectivity index (χ3v) is 3.42. The Morgan fingerprint density at radius 3 is 2.75 bits per heavy atom. The zero-order chi connectivity index (χ0) is 11.2. The second-order valence-corrected chi connectivity index (χ2v) is 4.62. The zero-order valence-corrected chi connectivity index (χ0v) is 10.2. The Hall–Kier alpha value is -1.19. The van der Waals surface area contributed by atoms with Crippen LogP contribution in [0.25, 0.3) is 0 Å². The molecule has 0 aliphatic carbocycles. The first-order chi connectivity index (χ1) is 7.90. The highest BCUT2D eigenvalue weighted by Crippen LogP contribution is 2.21. The Balaban J connectivity index is 2.09. The minimum absolute atomic E-state index is 0.389. The fourth-order valence-corrected chi connectivity index (χ4v) is 2.46. The lowest BCUT2D eigenvalue weighted by Crippen LogP contribution is -2.22. The van der Waals surface area contributed by atoms with Gasteiger partial charge < -0.3 is 5.32 Å². The van der Waals surface area contributed by atoms with Gasteiger partial charge in [-0.15, -0.1) is 11.3 Å². The Bertz CT molecular complexity index is 397. The molecule has 0 radical (unpaired) electrons. The van der Waals surface area contributed by atoms with E-state index in [4.69, 9.17) is 0 Å². The van der Waals surface area contributed by atoms with Gasteiger partial charge in [0.05, 0.1) is 5.51 Å². The molecule has 0 fully saturated rings. The fraction of sp³-hybridized carbons (Fsp3) is 0.308. The second kappa shape index (κ2) is 5.77. The van der Waals surface area contributed by atoms with Crippen molar-refractivity contribution in [2.45, 2.75) is 19.4 Å². The van der Waals surface area contributed by atoms with E-state index in [1.165, 1.54) is 10.4 Å². The van der Waals surface area contributed by atoms with Gasteiger partial charge in [0.2, 0.25) is 0 Å². The maximum absolute atomic E-state index is 4.15. The van der Waals surface area contributed by atoms with Gasteiger partial charge in [-0.2, -0.15) is 0 Å². The van der Waals surface area contributed by atoms with Crippen LogP contribution in [0.15, 0.2) is 42.0 Å². The zero-order valence-electron chi connectivity index (χ0n) is 9.39. The van der Waals surface area contributed by atoms with Crippen LogP contribution in [0.4, 0.5) is 0 Å². The molecule has 0 spiro atoms. The molecule has 1 atom stereocenters. The van der Waals surface area contributed by atoms with E-state index < -0.39 is 0 Å². The number of aromatic nitrogens is 1. The molecular weight excluding hydrogens is 216 g/mol. The second-order valence-electron chi connectivity index (χ2n) is 3.70. The Labute approximate surface area is 100 Å². The molecular formula is C13H16N2S. The molecule has 2 aromatic rings. The van der Waals surface area contributed by atoms with Crippen LogP contribution < -0.4 is 5.32 Å². The van der Waals surface area contributed by atoms with Crippen molar-refractivity contribution in [2.75, 3.05) is 6.54 Å². The highest BCUT2D eigenvalue weighted by atomic mass is 32.1. The number of benzene rings is 1. The lowest BCUT2D eigenvalue weighted by atomic mass is 10.1. The van der Waals surface area contributed by atoms with Gasteiger partial charge in [-0.3, -0.25) is 4.98 Å². The van der Waals surface area contributed by atoms with E-state index >= 15 is 0 Å². The topological polar surface area (TPSA) is 24.9 Å². The molecule has 84 valence electrons. The predicted octanol–water partition coefficient (Wildman–Crippen LogP) is 3.04. The van der Waals surface area contributed by atoms with Gasteiger partial charge in [-0.05, 0) is 18.5 Å². The first-order valence-electron chi connectivity index (χ1n) is 5.56. The molecule has 1 aromatic heterocycles. The standard InChI is InChI=1S/C13H16N2S/c1-2-15-12(13-9-14-10-16-13)8-11-6-4-3-5-7-11/h3-7,9-10,12,15H,2,8H2,1H3. The molecule has 0 amide bonds. The van der Waals surface area contributed by atoms with E-state index in [0.717, 1.165) is 13.0 Å². The molecule has 0 saturated heterocycles. The van der Waals surface area contributed by atoms with E-state index in [1.807, 2.05) is 11.7 Å². The Morgan fingerprint density at radius 2 is 2.12 bits per heavy atom. The molecule has 3 heteroatoms. The number of likely N-dealkylation sites (N-methyl/N-ethyl adjacent to an activating group) is 1. The van der Waals surface area contributed by atoms with E-state index in [0.29, 0.717) is 6.04 Å². The average molecular weight is 232 g/mol. The van der Waals surface area contributed by atoms with Gasteiger partial charge in [0, 0.05) is 17.1 Å². The van der Waals surface area contributed by atoms with Gasteiger partial charge in [-0.25, -0.2) is 0 Å². The summed E-state index contributed by atoms with van der Waals surface area (Å²) in [6, 6.07) is 11.0. The quantitative estimate of drug-likeness (QED) is 0.857. The molecule has 16 heavy (non-hydrogen) atoms. The van der Waals surface area contributed by atoms with Crippen LogP contribution in [0.2, 0.25) is 0 Å². The molecule has 2 rings (SSSR count). The number of hydrogen-bond donors (Lipinski definition) is 1. The molecule has 0 aliphatic rings. The fourth-order valence-electron chi connectivity index (χ4n) is 1.77.